The van der Waals surface area contributed by atoms with Crippen molar-refractivity contribution in [1.29, 1.82) is 0 Å². The van der Waals surface area contributed by atoms with E-state index in [0.717, 1.165) is 12.1 Å². The highest BCUT2D eigenvalue weighted by Crippen LogP contribution is 2.58. The normalized spacial score (nSPS) is 26.7. The molecule has 2 heterocycles. The van der Waals surface area contributed by atoms with Gasteiger partial charge in [-0.2, -0.15) is 0 Å². The van der Waals surface area contributed by atoms with Gasteiger partial charge in [-0.3, -0.25) is 0 Å². The van der Waals surface area contributed by atoms with E-state index in [4.69, 9.17) is 11.6 Å². The molecular formula is C24H27ClF3N3O4S. The second kappa shape index (κ2) is 10.3. The number of thiol groups is 1. The molecule has 0 radical (unpaired) electrons. The lowest BCUT2D eigenvalue weighted by Gasteiger charge is -2.50. The molecule has 196 valence electrons. The molecule has 1 fully saturated rings. The molecular weight excluding hydrogens is 519 g/mol. The Morgan fingerprint density at radius 1 is 1.17 bits per heavy atom. The van der Waals surface area contributed by atoms with Crippen LogP contribution in [0, 0.1) is 17.5 Å². The maximum Gasteiger partial charge on any atom is 0.194 e. The summed E-state index contributed by atoms with van der Waals surface area (Å²) in [5.74, 6) is -4.25. The van der Waals surface area contributed by atoms with Crippen LogP contribution in [0.2, 0.25) is 5.02 Å². The van der Waals surface area contributed by atoms with Crippen molar-refractivity contribution >= 4 is 22.5 Å². The summed E-state index contributed by atoms with van der Waals surface area (Å²) in [6.45, 7) is 2.81. The Balaban J connectivity index is 1.68. The summed E-state index contributed by atoms with van der Waals surface area (Å²) in [5.41, 5.74) is -0.698. The molecule has 2 aromatic carbocycles. The van der Waals surface area contributed by atoms with E-state index in [-0.39, 0.29) is 17.0 Å². The van der Waals surface area contributed by atoms with E-state index in [1.807, 2.05) is 0 Å². The van der Waals surface area contributed by atoms with E-state index in [1.165, 1.54) is 10.9 Å². The van der Waals surface area contributed by atoms with Crippen molar-refractivity contribution in [3.05, 3.63) is 70.6 Å². The molecule has 0 aliphatic carbocycles. The van der Waals surface area contributed by atoms with Crippen molar-refractivity contribution in [2.24, 2.45) is 0 Å². The Bertz CT molecular complexity index is 1220. The summed E-state index contributed by atoms with van der Waals surface area (Å²) in [4.78, 5) is 0. The first kappa shape index (κ1) is 26.9. The predicted octanol–water partition coefficient (Wildman–Crippen LogP) is 3.17. The van der Waals surface area contributed by atoms with Crippen LogP contribution in [-0.2, 0) is 0 Å². The third-order valence-corrected chi connectivity index (χ3v) is 10.5. The SMILES string of the molecule is CC(C)(O)[C@H](c1ccccc1Cl)[SH]1C[C@H](O)[C@H](n2cc(-c3cc(F)c(F)c(F)c3)nn2)[C@@H](O)[C@H]1CO. The van der Waals surface area contributed by atoms with Crippen LogP contribution in [0.15, 0.2) is 42.6 Å². The minimum Gasteiger partial charge on any atom is -0.395 e. The molecule has 0 bridgehead atoms. The van der Waals surface area contributed by atoms with Gasteiger partial charge < -0.3 is 20.4 Å². The zero-order valence-electron chi connectivity index (χ0n) is 19.4. The Kier molecular flexibility index (Phi) is 7.70. The highest BCUT2D eigenvalue weighted by atomic mass is 35.5. The van der Waals surface area contributed by atoms with E-state index in [0.29, 0.717) is 10.6 Å². The van der Waals surface area contributed by atoms with Crippen LogP contribution in [0.3, 0.4) is 0 Å². The van der Waals surface area contributed by atoms with Gasteiger partial charge in [-0.1, -0.05) is 35.0 Å². The molecule has 0 spiro atoms. The van der Waals surface area contributed by atoms with Gasteiger partial charge in [-0.25, -0.2) is 28.7 Å². The lowest BCUT2D eigenvalue weighted by atomic mass is 9.97. The first-order valence-electron chi connectivity index (χ1n) is 11.2. The largest absolute Gasteiger partial charge is 0.395 e. The van der Waals surface area contributed by atoms with Crippen molar-refractivity contribution < 1.29 is 33.6 Å². The Morgan fingerprint density at radius 3 is 2.39 bits per heavy atom. The standard InChI is InChI=1S/C24H27ClF3N3O4S/c1-24(2,35)23(13-5-3-4-6-14(13)25)36-11-18(33)21(22(34)19(36)10-32)31-9-17(29-30-31)12-7-15(26)20(28)16(27)8-12/h3-9,18-19,21-23,32-36H,10-11H2,1-2H3/t18-,19+,21-,22-,23-/m0/s1. The van der Waals surface area contributed by atoms with Gasteiger partial charge in [0.1, 0.15) is 11.7 Å². The van der Waals surface area contributed by atoms with Crippen LogP contribution in [-0.4, -0.2) is 70.8 Å². The zero-order chi connectivity index (χ0) is 26.4. The average Bonchev–Trinajstić information content (AvgIpc) is 3.27. The number of aliphatic hydroxyl groups is 4. The van der Waals surface area contributed by atoms with Crippen LogP contribution in [0.1, 0.15) is 30.7 Å². The van der Waals surface area contributed by atoms with Gasteiger partial charge in [-0.15, -0.1) is 5.10 Å². The van der Waals surface area contributed by atoms with E-state index < -0.39 is 69.3 Å². The fourth-order valence-electron chi connectivity index (χ4n) is 4.87. The predicted molar refractivity (Wildman–Crippen MR) is 132 cm³/mol. The van der Waals surface area contributed by atoms with Gasteiger partial charge in [0, 0.05) is 26.8 Å². The molecule has 7 nitrogen and oxygen atoms in total. The molecule has 0 saturated carbocycles. The summed E-state index contributed by atoms with van der Waals surface area (Å²) >= 11 is 6.44. The van der Waals surface area contributed by atoms with Crippen molar-refractivity contribution in [2.75, 3.05) is 12.4 Å². The molecule has 1 aliphatic rings. The highest BCUT2D eigenvalue weighted by molar-refractivity contribution is 8.18. The minimum atomic E-state index is -1.61. The van der Waals surface area contributed by atoms with E-state index in [2.05, 4.69) is 10.3 Å². The van der Waals surface area contributed by atoms with Gasteiger partial charge in [0.2, 0.25) is 0 Å². The quantitative estimate of drug-likeness (QED) is 0.240. The maximum absolute atomic E-state index is 13.7. The Labute approximate surface area is 213 Å². The number of hydrogen-bond donors (Lipinski definition) is 5. The van der Waals surface area contributed by atoms with Gasteiger partial charge in [0.05, 0.1) is 30.6 Å². The summed E-state index contributed by atoms with van der Waals surface area (Å²) in [5, 5.41) is 50.7. The molecule has 4 N–H and O–H groups in total. The second-order valence-corrected chi connectivity index (χ2v) is 12.4. The van der Waals surface area contributed by atoms with Gasteiger partial charge in [-0.05, 0) is 37.6 Å². The number of rotatable bonds is 6. The molecule has 1 unspecified atom stereocenters. The van der Waals surface area contributed by atoms with Crippen LogP contribution in [0.25, 0.3) is 11.3 Å². The topological polar surface area (TPSA) is 112 Å². The third-order valence-electron chi connectivity index (χ3n) is 6.45. The molecule has 4 rings (SSSR count). The number of hydrogen-bond acceptors (Lipinski definition) is 6. The first-order valence-corrected chi connectivity index (χ1v) is 13.2. The lowest BCUT2D eigenvalue weighted by Crippen LogP contribution is -2.52. The molecule has 0 amide bonds. The number of aliphatic hydroxyl groups excluding tert-OH is 3. The average molecular weight is 546 g/mol. The first-order chi connectivity index (χ1) is 16.9. The van der Waals surface area contributed by atoms with Gasteiger partial charge >= 0.3 is 0 Å². The Morgan fingerprint density at radius 2 is 1.81 bits per heavy atom. The smallest absolute Gasteiger partial charge is 0.194 e. The Hall–Kier alpha value is -2.15. The molecule has 6 atom stereocenters. The van der Waals surface area contributed by atoms with Crippen LogP contribution in [0.4, 0.5) is 13.2 Å². The lowest BCUT2D eigenvalue weighted by molar-refractivity contribution is 0.00572. The molecule has 1 aromatic heterocycles. The fraction of sp³-hybridized carbons (Fsp3) is 0.417. The molecule has 12 heteroatoms. The van der Waals surface area contributed by atoms with Gasteiger partial charge in [0.15, 0.2) is 17.5 Å². The number of aromatic nitrogens is 3. The van der Waals surface area contributed by atoms with Crippen molar-refractivity contribution in [2.45, 2.75) is 48.2 Å². The summed E-state index contributed by atoms with van der Waals surface area (Å²) < 4.78 is 41.9. The summed E-state index contributed by atoms with van der Waals surface area (Å²) in [6, 6.07) is 7.51. The number of benzene rings is 2. The number of halogens is 4. The fourth-order valence-corrected chi connectivity index (χ4v) is 8.88. The van der Waals surface area contributed by atoms with E-state index in [9.17, 15) is 33.6 Å². The monoisotopic (exact) mass is 545 g/mol. The van der Waals surface area contributed by atoms with Crippen molar-refractivity contribution in [3.8, 4) is 11.3 Å². The van der Waals surface area contributed by atoms with Crippen molar-refractivity contribution in [1.82, 2.24) is 15.0 Å². The van der Waals surface area contributed by atoms with E-state index >= 15 is 0 Å². The highest BCUT2D eigenvalue weighted by Gasteiger charge is 2.49. The van der Waals surface area contributed by atoms with Crippen molar-refractivity contribution in [3.63, 3.8) is 0 Å². The molecule has 36 heavy (non-hydrogen) atoms. The summed E-state index contributed by atoms with van der Waals surface area (Å²) in [7, 11) is -1.41. The zero-order valence-corrected chi connectivity index (χ0v) is 21.1. The molecule has 3 aromatic rings. The molecule has 1 aliphatic heterocycles. The van der Waals surface area contributed by atoms with Gasteiger partial charge in [0.25, 0.3) is 0 Å². The minimum absolute atomic E-state index is 0.00558. The summed E-state index contributed by atoms with van der Waals surface area (Å²) in [6.07, 6.45) is -1.17. The second-order valence-electron chi connectivity index (χ2n) is 9.41. The third kappa shape index (κ3) is 5.00. The number of nitrogens with zero attached hydrogens (tertiary/aromatic N) is 3. The van der Waals surface area contributed by atoms with Crippen LogP contribution >= 0.6 is 22.5 Å². The molecule has 1 saturated heterocycles. The van der Waals surface area contributed by atoms with Crippen LogP contribution in [0.5, 0.6) is 0 Å². The van der Waals surface area contributed by atoms with Crippen LogP contribution < -0.4 is 0 Å². The van der Waals surface area contributed by atoms with E-state index in [1.54, 1.807) is 38.1 Å². The maximum atomic E-state index is 13.7.